The fourth-order valence-corrected chi connectivity index (χ4v) is 1.40. The maximum Gasteiger partial charge on any atom is 0.233 e. The number of carbonyl (C=O) groups is 1. The molecular weight excluding hydrogens is 207 g/mol. The van der Waals surface area contributed by atoms with Gasteiger partial charge in [-0.25, -0.2) is 4.39 Å². The van der Waals surface area contributed by atoms with Crippen LogP contribution in [0.5, 0.6) is 0 Å². The summed E-state index contributed by atoms with van der Waals surface area (Å²) < 4.78 is 12.9. The Morgan fingerprint density at radius 3 is 2.88 bits per heavy atom. The van der Waals surface area contributed by atoms with Gasteiger partial charge in [-0.15, -0.1) is 0 Å². The van der Waals surface area contributed by atoms with E-state index in [4.69, 9.17) is 0 Å². The number of benzene rings is 1. The van der Waals surface area contributed by atoms with Gasteiger partial charge in [0.2, 0.25) is 5.91 Å². The summed E-state index contributed by atoms with van der Waals surface area (Å²) in [4.78, 5) is 11.2. The van der Waals surface area contributed by atoms with Gasteiger partial charge in [0.15, 0.2) is 0 Å². The van der Waals surface area contributed by atoms with Gasteiger partial charge >= 0.3 is 0 Å². The Bertz CT molecular complexity index is 355. The van der Waals surface area contributed by atoms with Crippen molar-refractivity contribution < 1.29 is 9.18 Å². The number of amides is 1. The molecule has 0 fully saturated rings. The molecule has 0 aliphatic rings. The van der Waals surface area contributed by atoms with Crippen LogP contribution in [-0.2, 0) is 4.79 Å². The third-order valence-electron chi connectivity index (χ3n) is 2.29. The lowest BCUT2D eigenvalue weighted by molar-refractivity contribution is -0.120. The van der Waals surface area contributed by atoms with E-state index in [9.17, 15) is 9.18 Å². The monoisotopic (exact) mass is 224 g/mol. The Labute approximate surface area is 95.0 Å². The lowest BCUT2D eigenvalue weighted by Gasteiger charge is -2.13. The molecule has 16 heavy (non-hydrogen) atoms. The van der Waals surface area contributed by atoms with Crippen molar-refractivity contribution in [1.82, 2.24) is 10.6 Å². The van der Waals surface area contributed by atoms with Crippen LogP contribution >= 0.6 is 0 Å². The average Bonchev–Trinajstić information content (AvgIpc) is 2.26. The van der Waals surface area contributed by atoms with Crippen LogP contribution in [0.15, 0.2) is 24.3 Å². The highest BCUT2D eigenvalue weighted by Crippen LogP contribution is 2.12. The summed E-state index contributed by atoms with van der Waals surface area (Å²) in [5.74, 6) is -0.310. The highest BCUT2D eigenvalue weighted by molar-refractivity contribution is 5.77. The maximum atomic E-state index is 12.9. The van der Waals surface area contributed by atoms with E-state index in [2.05, 4.69) is 10.6 Å². The zero-order valence-corrected chi connectivity index (χ0v) is 9.59. The highest BCUT2D eigenvalue weighted by atomic mass is 19.1. The second kappa shape index (κ2) is 6.23. The minimum absolute atomic E-state index is 0.0432. The number of nitrogens with one attached hydrogen (secondary N) is 2. The first-order valence-electron chi connectivity index (χ1n) is 5.39. The van der Waals surface area contributed by atoms with Gasteiger partial charge in [-0.1, -0.05) is 12.1 Å². The summed E-state index contributed by atoms with van der Waals surface area (Å²) in [6, 6.07) is 6.32. The van der Waals surface area contributed by atoms with Crippen molar-refractivity contribution in [3.63, 3.8) is 0 Å². The van der Waals surface area contributed by atoms with Crippen molar-refractivity contribution in [1.29, 1.82) is 0 Å². The van der Waals surface area contributed by atoms with E-state index in [0.29, 0.717) is 6.54 Å². The van der Waals surface area contributed by atoms with Gasteiger partial charge in [-0.05, 0) is 31.5 Å². The van der Waals surface area contributed by atoms with Gasteiger partial charge in [-0.3, -0.25) is 4.79 Å². The van der Waals surface area contributed by atoms with E-state index >= 15 is 0 Å². The zero-order valence-electron chi connectivity index (χ0n) is 9.59. The van der Waals surface area contributed by atoms with Crippen molar-refractivity contribution in [2.75, 3.05) is 13.1 Å². The predicted molar refractivity (Wildman–Crippen MR) is 61.5 cm³/mol. The molecule has 0 heterocycles. The summed E-state index contributed by atoms with van der Waals surface area (Å²) in [6.45, 7) is 4.63. The molecular formula is C12H17FN2O. The van der Waals surface area contributed by atoms with Crippen LogP contribution in [0.4, 0.5) is 4.39 Å². The first-order chi connectivity index (χ1) is 7.63. The van der Waals surface area contributed by atoms with Gasteiger partial charge in [-0.2, -0.15) is 0 Å². The molecule has 0 aromatic heterocycles. The smallest absolute Gasteiger partial charge is 0.233 e. The first-order valence-corrected chi connectivity index (χ1v) is 5.39. The van der Waals surface area contributed by atoms with Crippen LogP contribution < -0.4 is 10.6 Å². The summed E-state index contributed by atoms with van der Waals surface area (Å²) in [6.07, 6.45) is 0. The molecule has 0 bridgehead atoms. The second-order valence-electron chi connectivity index (χ2n) is 3.61. The number of hydrogen-bond acceptors (Lipinski definition) is 2. The molecule has 1 amide bonds. The average molecular weight is 224 g/mol. The van der Waals surface area contributed by atoms with Gasteiger partial charge in [0.05, 0.1) is 6.54 Å². The fraction of sp³-hybridized carbons (Fsp3) is 0.417. The molecule has 0 spiro atoms. The molecule has 88 valence electrons. The minimum Gasteiger partial charge on any atom is -0.355 e. The molecule has 1 aromatic carbocycles. The van der Waals surface area contributed by atoms with Crippen molar-refractivity contribution >= 4 is 5.91 Å². The first kappa shape index (κ1) is 12.6. The number of halogens is 1. The maximum absolute atomic E-state index is 12.9. The van der Waals surface area contributed by atoms with Crippen molar-refractivity contribution in [2.45, 2.75) is 19.9 Å². The van der Waals surface area contributed by atoms with Crippen molar-refractivity contribution in [3.05, 3.63) is 35.6 Å². The van der Waals surface area contributed by atoms with Gasteiger partial charge in [0.25, 0.3) is 0 Å². The molecule has 1 aromatic rings. The second-order valence-corrected chi connectivity index (χ2v) is 3.61. The van der Waals surface area contributed by atoms with Gasteiger partial charge < -0.3 is 10.6 Å². The highest BCUT2D eigenvalue weighted by Gasteiger charge is 2.07. The molecule has 4 heteroatoms. The molecule has 0 radical (unpaired) electrons. The summed E-state index contributed by atoms with van der Waals surface area (Å²) in [7, 11) is 0. The molecule has 1 unspecified atom stereocenters. The number of rotatable bonds is 5. The fourth-order valence-electron chi connectivity index (χ4n) is 1.40. The van der Waals surface area contributed by atoms with E-state index in [1.54, 1.807) is 6.07 Å². The molecule has 3 nitrogen and oxygen atoms in total. The van der Waals surface area contributed by atoms with Crippen LogP contribution in [0.1, 0.15) is 25.5 Å². The van der Waals surface area contributed by atoms with Crippen molar-refractivity contribution in [2.24, 2.45) is 0 Å². The zero-order chi connectivity index (χ0) is 12.0. The minimum atomic E-state index is -0.260. The van der Waals surface area contributed by atoms with E-state index < -0.39 is 0 Å². The van der Waals surface area contributed by atoms with Gasteiger partial charge in [0.1, 0.15) is 5.82 Å². The molecule has 0 aliphatic carbocycles. The third kappa shape index (κ3) is 3.98. The molecule has 2 N–H and O–H groups in total. The van der Waals surface area contributed by atoms with Crippen LogP contribution in [0, 0.1) is 5.82 Å². The Balaban J connectivity index is 2.46. The number of hydrogen-bond donors (Lipinski definition) is 2. The number of likely N-dealkylation sites (N-methyl/N-ethyl adjacent to an activating group) is 1. The largest absolute Gasteiger partial charge is 0.355 e. The summed E-state index contributed by atoms with van der Waals surface area (Å²) >= 11 is 0. The molecule has 0 saturated carbocycles. The van der Waals surface area contributed by atoms with Crippen LogP contribution in [0.2, 0.25) is 0 Å². The molecule has 0 saturated heterocycles. The van der Waals surface area contributed by atoms with E-state index in [-0.39, 0.29) is 24.3 Å². The topological polar surface area (TPSA) is 41.1 Å². The van der Waals surface area contributed by atoms with Crippen LogP contribution in [0.3, 0.4) is 0 Å². The normalized spacial score (nSPS) is 12.2. The molecule has 1 atom stereocenters. The molecule has 0 aliphatic heterocycles. The Morgan fingerprint density at radius 2 is 2.25 bits per heavy atom. The summed E-state index contributed by atoms with van der Waals surface area (Å²) in [5, 5.41) is 5.72. The SMILES string of the molecule is CCNC(=O)CNC(C)c1cccc(F)c1. The predicted octanol–water partition coefficient (Wildman–Crippen LogP) is 1.61. The lowest BCUT2D eigenvalue weighted by atomic mass is 10.1. The Hall–Kier alpha value is -1.42. The standard InChI is InChI=1S/C12H17FN2O/c1-3-14-12(16)8-15-9(2)10-5-4-6-11(13)7-10/h4-7,9,15H,3,8H2,1-2H3,(H,14,16). The Kier molecular flexibility index (Phi) is 4.92. The van der Waals surface area contributed by atoms with Crippen LogP contribution in [-0.4, -0.2) is 19.0 Å². The van der Waals surface area contributed by atoms with Gasteiger partial charge in [0, 0.05) is 12.6 Å². The van der Waals surface area contributed by atoms with E-state index in [1.165, 1.54) is 12.1 Å². The van der Waals surface area contributed by atoms with Crippen molar-refractivity contribution in [3.8, 4) is 0 Å². The van der Waals surface area contributed by atoms with E-state index in [0.717, 1.165) is 5.56 Å². The quantitative estimate of drug-likeness (QED) is 0.798. The van der Waals surface area contributed by atoms with Crippen LogP contribution in [0.25, 0.3) is 0 Å². The summed E-state index contributed by atoms with van der Waals surface area (Å²) in [5.41, 5.74) is 0.837. The number of carbonyl (C=O) groups excluding carboxylic acids is 1. The Morgan fingerprint density at radius 1 is 1.50 bits per heavy atom. The third-order valence-corrected chi connectivity index (χ3v) is 2.29. The van der Waals surface area contributed by atoms with E-state index in [1.807, 2.05) is 19.9 Å². The molecule has 1 rings (SSSR count). The lowest BCUT2D eigenvalue weighted by Crippen LogP contribution is -2.34.